The minimum Gasteiger partial charge on any atom is -0.393 e. The van der Waals surface area contributed by atoms with E-state index >= 15 is 0 Å². The highest BCUT2D eigenvalue weighted by Crippen LogP contribution is 2.32. The zero-order chi connectivity index (χ0) is 15.1. The Bertz CT molecular complexity index is 637. The Balaban J connectivity index is 2.08. The molecule has 2 aliphatic rings. The quantitative estimate of drug-likeness (QED) is 0.451. The van der Waals surface area contributed by atoms with Crippen LogP contribution < -0.4 is 0 Å². The van der Waals surface area contributed by atoms with Gasteiger partial charge in [-0.2, -0.15) is 0 Å². The zero-order valence-corrected chi connectivity index (χ0v) is 12.4. The lowest BCUT2D eigenvalue weighted by Gasteiger charge is -2.30. The van der Waals surface area contributed by atoms with Gasteiger partial charge in [0.2, 0.25) is 10.0 Å². The molecule has 114 valence electrons. The highest BCUT2D eigenvalue weighted by Gasteiger charge is 2.49. The molecule has 0 aromatic heterocycles. The monoisotopic (exact) mass is 325 g/mol. The first-order valence-electron chi connectivity index (χ1n) is 6.01. The number of carbonyl (C=O) groups is 2. The van der Waals surface area contributed by atoms with E-state index in [1.54, 1.807) is 0 Å². The van der Waals surface area contributed by atoms with Crippen molar-refractivity contribution in [1.82, 2.24) is 4.31 Å². The lowest BCUT2D eigenvalue weighted by atomic mass is 9.89. The molecule has 0 spiro atoms. The number of rotatable bonds is 4. The standard InChI is InChI=1S/C10H15NO7S2/c1-19(14,15)4-5-20(16,17)11-3-2-7-8(6-11)10(13)18-9(7)12/h7-8H,2-6H2,1H3. The number of hydrogen-bond donors (Lipinski definition) is 0. The van der Waals surface area contributed by atoms with Crippen LogP contribution in [0.2, 0.25) is 0 Å². The van der Waals surface area contributed by atoms with E-state index in [-0.39, 0.29) is 19.5 Å². The van der Waals surface area contributed by atoms with Crippen LogP contribution in [0.25, 0.3) is 0 Å². The number of esters is 2. The van der Waals surface area contributed by atoms with Gasteiger partial charge in [0.1, 0.15) is 9.84 Å². The summed E-state index contributed by atoms with van der Waals surface area (Å²) in [7, 11) is -7.15. The van der Waals surface area contributed by atoms with E-state index in [1.165, 1.54) is 0 Å². The Morgan fingerprint density at radius 2 is 1.70 bits per heavy atom. The van der Waals surface area contributed by atoms with Crippen LogP contribution in [0.1, 0.15) is 6.42 Å². The van der Waals surface area contributed by atoms with Gasteiger partial charge in [-0.05, 0) is 6.42 Å². The van der Waals surface area contributed by atoms with Crippen LogP contribution >= 0.6 is 0 Å². The summed E-state index contributed by atoms with van der Waals surface area (Å²) in [6, 6.07) is 0. The Labute approximate surface area is 117 Å². The molecule has 0 N–H and O–H groups in total. The van der Waals surface area contributed by atoms with Crippen molar-refractivity contribution in [1.29, 1.82) is 0 Å². The van der Waals surface area contributed by atoms with Crippen LogP contribution in [0.4, 0.5) is 0 Å². The average Bonchev–Trinajstić information content (AvgIpc) is 2.62. The second-order valence-electron chi connectivity index (χ2n) is 5.05. The number of fused-ring (bicyclic) bond motifs is 1. The van der Waals surface area contributed by atoms with Crippen LogP contribution in [-0.4, -0.2) is 63.9 Å². The van der Waals surface area contributed by atoms with Crippen molar-refractivity contribution in [2.45, 2.75) is 6.42 Å². The van der Waals surface area contributed by atoms with Gasteiger partial charge in [0.15, 0.2) is 0 Å². The van der Waals surface area contributed by atoms with E-state index in [4.69, 9.17) is 0 Å². The van der Waals surface area contributed by atoms with E-state index in [9.17, 15) is 26.4 Å². The summed E-state index contributed by atoms with van der Waals surface area (Å²) >= 11 is 0. The smallest absolute Gasteiger partial charge is 0.318 e. The Morgan fingerprint density at radius 3 is 2.30 bits per heavy atom. The van der Waals surface area contributed by atoms with Crippen molar-refractivity contribution >= 4 is 31.8 Å². The fourth-order valence-corrected chi connectivity index (χ4v) is 5.42. The molecule has 2 unspecified atom stereocenters. The lowest BCUT2D eigenvalue weighted by Crippen LogP contribution is -2.46. The summed E-state index contributed by atoms with van der Waals surface area (Å²) in [4.78, 5) is 22.8. The Kier molecular flexibility index (Phi) is 3.91. The predicted octanol–water partition coefficient (Wildman–Crippen LogP) is -1.62. The molecule has 2 fully saturated rings. The van der Waals surface area contributed by atoms with Crippen LogP contribution in [0.5, 0.6) is 0 Å². The van der Waals surface area contributed by atoms with Crippen molar-refractivity contribution in [3.8, 4) is 0 Å². The van der Waals surface area contributed by atoms with Crippen LogP contribution in [0.15, 0.2) is 0 Å². The molecule has 0 aliphatic carbocycles. The molecule has 0 aromatic rings. The summed E-state index contributed by atoms with van der Waals surface area (Å²) in [6.07, 6.45) is 1.18. The number of hydrogen-bond acceptors (Lipinski definition) is 7. The summed E-state index contributed by atoms with van der Waals surface area (Å²) in [6.45, 7) is -0.0308. The van der Waals surface area contributed by atoms with Gasteiger partial charge in [-0.1, -0.05) is 0 Å². The molecule has 2 atom stereocenters. The van der Waals surface area contributed by atoms with Gasteiger partial charge in [-0.15, -0.1) is 0 Å². The van der Waals surface area contributed by atoms with Gasteiger partial charge >= 0.3 is 11.9 Å². The normalized spacial score (nSPS) is 28.2. The van der Waals surface area contributed by atoms with Gasteiger partial charge < -0.3 is 4.74 Å². The van der Waals surface area contributed by atoms with Gasteiger partial charge in [0.25, 0.3) is 0 Å². The first kappa shape index (κ1) is 15.4. The van der Waals surface area contributed by atoms with Gasteiger partial charge in [0, 0.05) is 19.3 Å². The molecular weight excluding hydrogens is 310 g/mol. The summed E-state index contributed by atoms with van der Waals surface area (Å²) in [5, 5.41) is 0. The molecule has 2 rings (SSSR count). The Hall–Kier alpha value is -1.00. The number of sulfonamides is 1. The minimum atomic E-state index is -3.76. The summed E-state index contributed by atoms with van der Waals surface area (Å²) in [5.41, 5.74) is 0. The number of carbonyl (C=O) groups excluding carboxylic acids is 2. The topological polar surface area (TPSA) is 115 Å². The van der Waals surface area contributed by atoms with Gasteiger partial charge in [0.05, 0.1) is 23.3 Å². The van der Waals surface area contributed by atoms with Crippen molar-refractivity contribution in [3.63, 3.8) is 0 Å². The average molecular weight is 325 g/mol. The molecule has 20 heavy (non-hydrogen) atoms. The largest absolute Gasteiger partial charge is 0.393 e. The van der Waals surface area contributed by atoms with Crippen LogP contribution in [0.3, 0.4) is 0 Å². The second kappa shape index (κ2) is 5.08. The van der Waals surface area contributed by atoms with Crippen molar-refractivity contribution in [2.24, 2.45) is 11.8 Å². The molecule has 8 nitrogen and oxygen atoms in total. The first-order chi connectivity index (χ1) is 9.10. The number of sulfone groups is 1. The number of piperidine rings is 1. The zero-order valence-electron chi connectivity index (χ0n) is 10.8. The van der Waals surface area contributed by atoms with Gasteiger partial charge in [-0.25, -0.2) is 21.1 Å². The number of cyclic esters (lactones) is 2. The fourth-order valence-electron chi connectivity index (χ4n) is 2.33. The van der Waals surface area contributed by atoms with E-state index < -0.39 is 55.1 Å². The minimum absolute atomic E-state index is 0.0929. The molecule has 0 radical (unpaired) electrons. The van der Waals surface area contributed by atoms with E-state index in [1.807, 2.05) is 0 Å². The van der Waals surface area contributed by atoms with Crippen molar-refractivity contribution in [2.75, 3.05) is 30.9 Å². The molecule has 0 saturated carbocycles. The molecule has 0 aromatic carbocycles. The number of nitrogens with zero attached hydrogens (tertiary/aromatic N) is 1. The highest BCUT2D eigenvalue weighted by atomic mass is 32.2. The third-order valence-electron chi connectivity index (χ3n) is 3.49. The molecule has 0 bridgehead atoms. The molecule has 0 amide bonds. The molecule has 2 heterocycles. The highest BCUT2D eigenvalue weighted by molar-refractivity contribution is 7.93. The predicted molar refractivity (Wildman–Crippen MR) is 67.8 cm³/mol. The first-order valence-corrected chi connectivity index (χ1v) is 9.68. The van der Waals surface area contributed by atoms with Crippen molar-refractivity contribution < 1.29 is 31.2 Å². The maximum Gasteiger partial charge on any atom is 0.318 e. The second-order valence-corrected chi connectivity index (χ2v) is 9.39. The lowest BCUT2D eigenvalue weighted by molar-refractivity contribution is -0.153. The number of ether oxygens (including phenoxy) is 1. The van der Waals surface area contributed by atoms with Crippen LogP contribution in [0, 0.1) is 11.8 Å². The third kappa shape index (κ3) is 3.18. The maximum atomic E-state index is 12.0. The molecule has 2 aliphatic heterocycles. The molecule has 2 saturated heterocycles. The van der Waals surface area contributed by atoms with Gasteiger partial charge in [-0.3, -0.25) is 9.59 Å². The Morgan fingerprint density at radius 1 is 1.10 bits per heavy atom. The third-order valence-corrected chi connectivity index (χ3v) is 6.53. The molecular formula is C10H15NO7S2. The van der Waals surface area contributed by atoms with Crippen LogP contribution in [-0.2, 0) is 34.2 Å². The fraction of sp³-hybridized carbons (Fsp3) is 0.800. The van der Waals surface area contributed by atoms with E-state index in [0.29, 0.717) is 0 Å². The van der Waals surface area contributed by atoms with E-state index in [2.05, 4.69) is 4.74 Å². The SMILES string of the molecule is CS(=O)(=O)CCS(=O)(=O)N1CCC2C(=O)OC(=O)C2C1. The maximum absolute atomic E-state index is 12.0. The van der Waals surface area contributed by atoms with E-state index in [0.717, 1.165) is 10.6 Å². The summed E-state index contributed by atoms with van der Waals surface area (Å²) in [5.74, 6) is -3.65. The van der Waals surface area contributed by atoms with Crippen molar-refractivity contribution in [3.05, 3.63) is 0 Å². The summed E-state index contributed by atoms with van der Waals surface area (Å²) < 4.78 is 51.7. The molecule has 10 heteroatoms.